The second-order valence-corrected chi connectivity index (χ2v) is 6.88. The van der Waals surface area contributed by atoms with Crippen LogP contribution in [0.3, 0.4) is 0 Å². The van der Waals surface area contributed by atoms with Crippen LogP contribution >= 0.6 is 49.9 Å². The van der Waals surface area contributed by atoms with Crippen molar-refractivity contribution < 1.29 is 4.79 Å². The van der Waals surface area contributed by atoms with Crippen molar-refractivity contribution in [1.82, 2.24) is 15.2 Å². The van der Waals surface area contributed by atoms with E-state index in [0.29, 0.717) is 10.8 Å². The van der Waals surface area contributed by atoms with Crippen LogP contribution in [0, 0.1) is 0 Å². The van der Waals surface area contributed by atoms with E-state index in [1.54, 1.807) is 22.2 Å². The van der Waals surface area contributed by atoms with E-state index < -0.39 is 0 Å². The molecule has 0 bridgehead atoms. The third-order valence-corrected chi connectivity index (χ3v) is 5.40. The molecule has 0 fully saturated rings. The Morgan fingerprint density at radius 1 is 1.26 bits per heavy atom. The van der Waals surface area contributed by atoms with E-state index in [0.717, 1.165) is 14.4 Å². The fraction of sp³-hybridized carbons (Fsp3) is 0. The minimum atomic E-state index is -0.269. The standard InChI is InChI=1S/C10H5BrN4OS3/c11-5-1-7(17-2-5)9-13-6(3-18-9)8(16)14-10-15-12-4-19-10/h1-4H,(H,14,15,16). The number of nitrogens with zero attached hydrogens (tertiary/aromatic N) is 3. The van der Waals surface area contributed by atoms with Crippen molar-refractivity contribution in [3.63, 3.8) is 0 Å². The predicted molar refractivity (Wildman–Crippen MR) is 81.0 cm³/mol. The van der Waals surface area contributed by atoms with Gasteiger partial charge in [-0.3, -0.25) is 10.1 Å². The van der Waals surface area contributed by atoms with Crippen LogP contribution in [-0.4, -0.2) is 21.1 Å². The van der Waals surface area contributed by atoms with Crippen LogP contribution in [0.5, 0.6) is 0 Å². The summed E-state index contributed by atoms with van der Waals surface area (Å²) in [6.45, 7) is 0. The first-order valence-corrected chi connectivity index (χ1v) is 8.43. The van der Waals surface area contributed by atoms with E-state index in [1.165, 1.54) is 22.7 Å². The molecule has 5 nitrogen and oxygen atoms in total. The summed E-state index contributed by atoms with van der Waals surface area (Å²) >= 11 is 7.69. The molecule has 0 atom stereocenters. The molecular formula is C10H5BrN4OS3. The number of hydrogen-bond donors (Lipinski definition) is 1. The van der Waals surface area contributed by atoms with Crippen LogP contribution in [0.2, 0.25) is 0 Å². The molecule has 0 aromatic carbocycles. The number of halogens is 1. The Labute approximate surface area is 128 Å². The van der Waals surface area contributed by atoms with Gasteiger partial charge in [0.15, 0.2) is 0 Å². The highest BCUT2D eigenvalue weighted by molar-refractivity contribution is 9.10. The average molecular weight is 373 g/mol. The third-order valence-electron chi connectivity index (χ3n) is 2.10. The Kier molecular flexibility index (Phi) is 3.69. The highest BCUT2D eigenvalue weighted by Gasteiger charge is 2.14. The summed E-state index contributed by atoms with van der Waals surface area (Å²) in [6.07, 6.45) is 0. The van der Waals surface area contributed by atoms with Crippen LogP contribution < -0.4 is 5.32 Å². The summed E-state index contributed by atoms with van der Waals surface area (Å²) < 4.78 is 1.02. The number of rotatable bonds is 3. The first kappa shape index (κ1) is 12.9. The van der Waals surface area contributed by atoms with Gasteiger partial charge in [-0.1, -0.05) is 11.3 Å². The molecule has 3 aromatic rings. The molecule has 0 aliphatic rings. The lowest BCUT2D eigenvalue weighted by Crippen LogP contribution is -2.12. The summed E-state index contributed by atoms with van der Waals surface area (Å²) in [5.41, 5.74) is 1.95. The van der Waals surface area contributed by atoms with E-state index in [9.17, 15) is 4.79 Å². The molecule has 0 radical (unpaired) electrons. The van der Waals surface area contributed by atoms with Gasteiger partial charge in [-0.25, -0.2) is 4.98 Å². The number of hydrogen-bond acceptors (Lipinski definition) is 7. The lowest BCUT2D eigenvalue weighted by Gasteiger charge is -1.95. The minimum absolute atomic E-state index is 0.269. The number of amides is 1. The van der Waals surface area contributed by atoms with Crippen molar-refractivity contribution in [3.05, 3.63) is 32.5 Å². The van der Waals surface area contributed by atoms with Gasteiger partial charge in [0.05, 0.1) is 4.88 Å². The maximum absolute atomic E-state index is 11.9. The van der Waals surface area contributed by atoms with E-state index in [2.05, 4.69) is 36.4 Å². The molecule has 0 aliphatic heterocycles. The van der Waals surface area contributed by atoms with Gasteiger partial charge in [0.1, 0.15) is 16.2 Å². The Hall–Kier alpha value is -1.16. The van der Waals surface area contributed by atoms with Gasteiger partial charge < -0.3 is 0 Å². The molecule has 0 unspecified atom stereocenters. The lowest BCUT2D eigenvalue weighted by atomic mass is 10.4. The summed E-state index contributed by atoms with van der Waals surface area (Å²) in [6, 6.07) is 1.98. The predicted octanol–water partition coefficient (Wildman–Crippen LogP) is 3.74. The van der Waals surface area contributed by atoms with E-state index in [4.69, 9.17) is 0 Å². The number of nitrogens with one attached hydrogen (secondary N) is 1. The summed E-state index contributed by atoms with van der Waals surface area (Å²) in [4.78, 5) is 17.3. The SMILES string of the molecule is O=C(Nc1nncs1)c1csc(-c2cc(Br)cs2)n1. The van der Waals surface area contributed by atoms with Gasteiger partial charge in [-0.2, -0.15) is 0 Å². The zero-order chi connectivity index (χ0) is 13.2. The number of thiazole rings is 1. The lowest BCUT2D eigenvalue weighted by molar-refractivity contribution is 0.102. The van der Waals surface area contributed by atoms with Gasteiger partial charge in [0.2, 0.25) is 5.13 Å². The van der Waals surface area contributed by atoms with Crippen molar-refractivity contribution in [2.45, 2.75) is 0 Å². The van der Waals surface area contributed by atoms with Gasteiger partial charge in [-0.15, -0.1) is 32.9 Å². The first-order valence-electron chi connectivity index (χ1n) is 5.00. The van der Waals surface area contributed by atoms with Crippen molar-refractivity contribution in [1.29, 1.82) is 0 Å². The topological polar surface area (TPSA) is 67.8 Å². The van der Waals surface area contributed by atoms with Crippen LogP contribution in [0.25, 0.3) is 9.88 Å². The molecule has 3 aromatic heterocycles. The number of anilines is 1. The van der Waals surface area contributed by atoms with E-state index in [-0.39, 0.29) is 5.91 Å². The monoisotopic (exact) mass is 372 g/mol. The van der Waals surface area contributed by atoms with Crippen LogP contribution in [-0.2, 0) is 0 Å². The first-order chi connectivity index (χ1) is 9.22. The summed E-state index contributed by atoms with van der Waals surface area (Å²) in [5, 5.41) is 15.1. The van der Waals surface area contributed by atoms with Gasteiger partial charge in [-0.05, 0) is 22.0 Å². The Morgan fingerprint density at radius 2 is 2.16 bits per heavy atom. The van der Waals surface area contributed by atoms with Crippen molar-refractivity contribution in [3.8, 4) is 9.88 Å². The quantitative estimate of drug-likeness (QED) is 0.760. The molecule has 0 saturated heterocycles. The normalized spacial score (nSPS) is 10.6. The molecule has 0 aliphatic carbocycles. The largest absolute Gasteiger partial charge is 0.295 e. The number of thiophene rings is 1. The Bertz CT molecular complexity index is 706. The maximum Gasteiger partial charge on any atom is 0.276 e. The van der Waals surface area contributed by atoms with Crippen LogP contribution in [0.4, 0.5) is 5.13 Å². The minimum Gasteiger partial charge on any atom is -0.295 e. The Morgan fingerprint density at radius 3 is 2.84 bits per heavy atom. The number of carbonyl (C=O) groups is 1. The number of aromatic nitrogens is 3. The fourth-order valence-corrected chi connectivity index (χ4v) is 4.05. The molecule has 96 valence electrons. The van der Waals surface area contributed by atoms with E-state index in [1.807, 2.05) is 11.4 Å². The van der Waals surface area contributed by atoms with Crippen molar-refractivity contribution in [2.24, 2.45) is 0 Å². The maximum atomic E-state index is 11.9. The molecule has 9 heteroatoms. The third kappa shape index (κ3) is 2.89. The second-order valence-electron chi connectivity index (χ2n) is 3.37. The molecule has 0 spiro atoms. The zero-order valence-electron chi connectivity index (χ0n) is 9.16. The van der Waals surface area contributed by atoms with E-state index >= 15 is 0 Å². The van der Waals surface area contributed by atoms with Crippen LogP contribution in [0.15, 0.2) is 26.8 Å². The molecular weight excluding hydrogens is 368 g/mol. The zero-order valence-corrected chi connectivity index (χ0v) is 13.2. The molecule has 0 saturated carbocycles. The van der Waals surface area contributed by atoms with Crippen LogP contribution in [0.1, 0.15) is 10.5 Å². The van der Waals surface area contributed by atoms with Gasteiger partial charge in [0, 0.05) is 15.2 Å². The van der Waals surface area contributed by atoms with Crippen molar-refractivity contribution >= 4 is 61.0 Å². The van der Waals surface area contributed by atoms with Gasteiger partial charge in [0.25, 0.3) is 5.91 Å². The smallest absolute Gasteiger partial charge is 0.276 e. The highest BCUT2D eigenvalue weighted by atomic mass is 79.9. The second kappa shape index (κ2) is 5.45. The highest BCUT2D eigenvalue weighted by Crippen LogP contribution is 2.32. The Balaban J connectivity index is 1.79. The summed E-state index contributed by atoms with van der Waals surface area (Å²) in [5.74, 6) is -0.269. The molecule has 3 rings (SSSR count). The van der Waals surface area contributed by atoms with Gasteiger partial charge >= 0.3 is 0 Å². The number of carbonyl (C=O) groups excluding carboxylic acids is 1. The average Bonchev–Trinajstić information content (AvgIpc) is 3.07. The molecule has 19 heavy (non-hydrogen) atoms. The summed E-state index contributed by atoms with van der Waals surface area (Å²) in [7, 11) is 0. The molecule has 1 N–H and O–H groups in total. The molecule has 1 amide bonds. The van der Waals surface area contributed by atoms with Crippen molar-refractivity contribution in [2.75, 3.05) is 5.32 Å². The molecule has 3 heterocycles. The fourth-order valence-electron chi connectivity index (χ4n) is 1.31.